The SMILES string of the molecule is CCCCCCCCCCCCCCON(c1ccccc1)c1ncnc2nc[nH]c12. The molecule has 31 heavy (non-hydrogen) atoms. The fourth-order valence-electron chi connectivity index (χ4n) is 3.83. The van der Waals surface area contributed by atoms with Crippen molar-refractivity contribution in [3.8, 4) is 0 Å². The molecule has 3 rings (SSSR count). The highest BCUT2D eigenvalue weighted by atomic mass is 16.7. The van der Waals surface area contributed by atoms with Crippen LogP contribution < -0.4 is 5.06 Å². The summed E-state index contributed by atoms with van der Waals surface area (Å²) in [6, 6.07) is 10.0. The topological polar surface area (TPSA) is 66.9 Å². The first kappa shape index (κ1) is 23.2. The van der Waals surface area contributed by atoms with Crippen molar-refractivity contribution >= 4 is 22.7 Å². The molecular weight excluding hydrogens is 386 g/mol. The van der Waals surface area contributed by atoms with E-state index in [1.54, 1.807) is 11.4 Å². The summed E-state index contributed by atoms with van der Waals surface area (Å²) < 4.78 is 0. The van der Waals surface area contributed by atoms with E-state index < -0.39 is 0 Å². The molecule has 6 nitrogen and oxygen atoms in total. The zero-order valence-corrected chi connectivity index (χ0v) is 18.9. The van der Waals surface area contributed by atoms with Crippen molar-refractivity contribution in [2.24, 2.45) is 0 Å². The van der Waals surface area contributed by atoms with Gasteiger partial charge in [-0.3, -0.25) is 4.84 Å². The normalized spacial score (nSPS) is 11.3. The van der Waals surface area contributed by atoms with Gasteiger partial charge in [0, 0.05) is 0 Å². The van der Waals surface area contributed by atoms with Gasteiger partial charge < -0.3 is 4.98 Å². The highest BCUT2D eigenvalue weighted by Crippen LogP contribution is 2.28. The van der Waals surface area contributed by atoms with Gasteiger partial charge in [-0.05, 0) is 18.6 Å². The summed E-state index contributed by atoms with van der Waals surface area (Å²) in [5, 5.41) is 1.79. The lowest BCUT2D eigenvalue weighted by Gasteiger charge is -2.23. The van der Waals surface area contributed by atoms with E-state index in [0.717, 1.165) is 17.6 Å². The summed E-state index contributed by atoms with van der Waals surface area (Å²) in [7, 11) is 0. The zero-order valence-electron chi connectivity index (χ0n) is 18.9. The summed E-state index contributed by atoms with van der Waals surface area (Å²) in [5.41, 5.74) is 2.36. The molecule has 6 heteroatoms. The fraction of sp³-hybridized carbons (Fsp3) is 0.560. The number of rotatable bonds is 16. The van der Waals surface area contributed by atoms with Gasteiger partial charge in [0.25, 0.3) is 0 Å². The van der Waals surface area contributed by atoms with Crippen LogP contribution in [-0.4, -0.2) is 26.5 Å². The van der Waals surface area contributed by atoms with Crippen LogP contribution in [0.1, 0.15) is 84.0 Å². The van der Waals surface area contributed by atoms with E-state index in [0.29, 0.717) is 18.1 Å². The van der Waals surface area contributed by atoms with E-state index in [9.17, 15) is 0 Å². The van der Waals surface area contributed by atoms with E-state index in [4.69, 9.17) is 4.84 Å². The minimum absolute atomic E-state index is 0.639. The third-order valence-corrected chi connectivity index (χ3v) is 5.60. The Hall–Kier alpha value is -2.47. The number of unbranched alkanes of at least 4 members (excludes halogenated alkanes) is 11. The summed E-state index contributed by atoms with van der Waals surface area (Å²) in [4.78, 5) is 22.2. The molecule has 0 atom stereocenters. The van der Waals surface area contributed by atoms with Crippen LogP contribution in [0.2, 0.25) is 0 Å². The van der Waals surface area contributed by atoms with Gasteiger partial charge in [0.15, 0.2) is 11.5 Å². The zero-order chi connectivity index (χ0) is 21.6. The molecule has 0 saturated heterocycles. The Bertz CT molecular complexity index is 851. The molecule has 168 valence electrons. The largest absolute Gasteiger partial charge is 0.340 e. The van der Waals surface area contributed by atoms with Crippen LogP contribution in [-0.2, 0) is 4.84 Å². The van der Waals surface area contributed by atoms with E-state index in [1.165, 1.54) is 77.0 Å². The van der Waals surface area contributed by atoms with Crippen LogP contribution in [0, 0.1) is 0 Å². The minimum atomic E-state index is 0.639. The Morgan fingerprint density at radius 3 is 2.10 bits per heavy atom. The number of para-hydroxylation sites is 1. The maximum absolute atomic E-state index is 6.18. The highest BCUT2D eigenvalue weighted by Gasteiger charge is 2.16. The standard InChI is InChI=1S/C25H37N5O/c1-2-3-4-5-6-7-8-9-10-11-12-16-19-31-30(22-17-14-13-15-18-22)25-23-24(27-20-26-23)28-21-29-25/h13-15,17-18,20-21H,2-12,16,19H2,1H3,(H,26,27,28,29). The van der Waals surface area contributed by atoms with E-state index in [1.807, 2.05) is 30.3 Å². The molecule has 0 fully saturated rings. The lowest BCUT2D eigenvalue weighted by molar-refractivity contribution is 0.130. The quantitative estimate of drug-likeness (QED) is 0.196. The molecule has 1 aromatic carbocycles. The van der Waals surface area contributed by atoms with E-state index in [-0.39, 0.29) is 0 Å². The van der Waals surface area contributed by atoms with Crippen molar-refractivity contribution in [2.75, 3.05) is 11.7 Å². The molecule has 0 radical (unpaired) electrons. The first-order valence-corrected chi connectivity index (χ1v) is 12.0. The molecule has 0 aliphatic rings. The van der Waals surface area contributed by atoms with Gasteiger partial charge in [0.1, 0.15) is 11.8 Å². The Morgan fingerprint density at radius 1 is 0.774 bits per heavy atom. The number of imidazole rings is 1. The fourth-order valence-corrected chi connectivity index (χ4v) is 3.83. The summed E-state index contributed by atoms with van der Waals surface area (Å²) in [6.07, 6.45) is 19.1. The Labute approximate surface area is 186 Å². The number of benzene rings is 1. The monoisotopic (exact) mass is 423 g/mol. The minimum Gasteiger partial charge on any atom is -0.340 e. The molecular formula is C25H37N5O. The number of fused-ring (bicyclic) bond motifs is 1. The van der Waals surface area contributed by atoms with Crippen molar-refractivity contribution < 1.29 is 4.84 Å². The number of aromatic nitrogens is 4. The molecule has 2 aromatic heterocycles. The first-order valence-electron chi connectivity index (χ1n) is 12.0. The Kier molecular flexibility index (Phi) is 10.3. The predicted octanol–water partition coefficient (Wildman–Crippen LogP) is 7.12. The second kappa shape index (κ2) is 13.8. The average Bonchev–Trinajstić information content (AvgIpc) is 3.29. The van der Waals surface area contributed by atoms with Gasteiger partial charge in [-0.1, -0.05) is 95.8 Å². The molecule has 2 heterocycles. The molecule has 0 unspecified atom stereocenters. The number of nitrogens with one attached hydrogen (secondary N) is 1. The van der Waals surface area contributed by atoms with E-state index >= 15 is 0 Å². The predicted molar refractivity (Wildman–Crippen MR) is 127 cm³/mol. The number of H-pyrrole nitrogens is 1. The number of hydrogen-bond donors (Lipinski definition) is 1. The van der Waals surface area contributed by atoms with Gasteiger partial charge in [0.05, 0.1) is 18.6 Å². The molecule has 0 spiro atoms. The third kappa shape index (κ3) is 7.62. The molecule has 3 aromatic rings. The Balaban J connectivity index is 1.38. The third-order valence-electron chi connectivity index (χ3n) is 5.60. The number of aromatic amines is 1. The molecule has 0 aliphatic heterocycles. The van der Waals surface area contributed by atoms with Crippen molar-refractivity contribution in [2.45, 2.75) is 84.0 Å². The lowest BCUT2D eigenvalue weighted by Crippen LogP contribution is -2.20. The summed E-state index contributed by atoms with van der Waals surface area (Å²) in [6.45, 7) is 2.93. The van der Waals surface area contributed by atoms with Crippen LogP contribution in [0.15, 0.2) is 43.0 Å². The number of nitrogens with zero attached hydrogens (tertiary/aromatic N) is 4. The number of hydrogen-bond acceptors (Lipinski definition) is 5. The summed E-state index contributed by atoms with van der Waals surface area (Å²) >= 11 is 0. The first-order chi connectivity index (χ1) is 15.4. The van der Waals surface area contributed by atoms with Crippen LogP contribution in [0.25, 0.3) is 11.2 Å². The molecule has 1 N–H and O–H groups in total. The highest BCUT2D eigenvalue weighted by molar-refractivity contribution is 5.84. The van der Waals surface area contributed by atoms with Crippen LogP contribution in [0.5, 0.6) is 0 Å². The van der Waals surface area contributed by atoms with Crippen LogP contribution >= 0.6 is 0 Å². The van der Waals surface area contributed by atoms with Crippen molar-refractivity contribution in [1.29, 1.82) is 0 Å². The molecule has 0 saturated carbocycles. The van der Waals surface area contributed by atoms with Crippen molar-refractivity contribution in [1.82, 2.24) is 19.9 Å². The van der Waals surface area contributed by atoms with Crippen LogP contribution in [0.4, 0.5) is 11.5 Å². The molecule has 0 amide bonds. The van der Waals surface area contributed by atoms with Crippen molar-refractivity contribution in [3.05, 3.63) is 43.0 Å². The average molecular weight is 424 g/mol. The van der Waals surface area contributed by atoms with Gasteiger partial charge in [-0.25, -0.2) is 20.0 Å². The smallest absolute Gasteiger partial charge is 0.187 e. The van der Waals surface area contributed by atoms with Gasteiger partial charge in [-0.2, -0.15) is 0 Å². The maximum atomic E-state index is 6.18. The van der Waals surface area contributed by atoms with Gasteiger partial charge in [0.2, 0.25) is 0 Å². The van der Waals surface area contributed by atoms with E-state index in [2.05, 4.69) is 26.9 Å². The second-order valence-electron chi connectivity index (χ2n) is 8.15. The van der Waals surface area contributed by atoms with Gasteiger partial charge in [-0.15, -0.1) is 0 Å². The van der Waals surface area contributed by atoms with Crippen LogP contribution in [0.3, 0.4) is 0 Å². The van der Waals surface area contributed by atoms with Crippen molar-refractivity contribution in [3.63, 3.8) is 0 Å². The second-order valence-corrected chi connectivity index (χ2v) is 8.15. The molecule has 0 aliphatic carbocycles. The lowest BCUT2D eigenvalue weighted by atomic mass is 10.1. The number of anilines is 2. The summed E-state index contributed by atoms with van der Waals surface area (Å²) in [5.74, 6) is 0.688. The maximum Gasteiger partial charge on any atom is 0.187 e. The molecule has 0 bridgehead atoms. The Morgan fingerprint density at radius 2 is 1.42 bits per heavy atom. The van der Waals surface area contributed by atoms with Gasteiger partial charge >= 0.3 is 0 Å².